The monoisotopic (exact) mass is 455 g/mol. The fourth-order valence-corrected chi connectivity index (χ4v) is 4.24. The average molecular weight is 456 g/mol. The predicted octanol–water partition coefficient (Wildman–Crippen LogP) is 3.62. The lowest BCUT2D eigenvalue weighted by molar-refractivity contribution is -0.136. The Morgan fingerprint density at radius 1 is 1.16 bits per heavy atom. The van der Waals surface area contributed by atoms with E-state index < -0.39 is 11.8 Å². The van der Waals surface area contributed by atoms with Gasteiger partial charge in [-0.15, -0.1) is 28.2 Å². The molecule has 0 aliphatic carbocycles. The number of nitrogens with zero attached hydrogens (tertiary/aromatic N) is 3. The summed E-state index contributed by atoms with van der Waals surface area (Å²) < 4.78 is 15.1. The Morgan fingerprint density at radius 2 is 2.00 bits per heavy atom. The van der Waals surface area contributed by atoms with Gasteiger partial charge in [-0.3, -0.25) is 9.59 Å². The van der Waals surface area contributed by atoms with Crippen LogP contribution in [-0.2, 0) is 16.0 Å². The first-order valence-corrected chi connectivity index (χ1v) is 11.5. The number of nitrogens with one attached hydrogen (secondary N) is 2. The molecule has 0 aliphatic rings. The van der Waals surface area contributed by atoms with Gasteiger partial charge in [-0.05, 0) is 36.6 Å². The van der Waals surface area contributed by atoms with Gasteiger partial charge in [0.25, 0.3) is 0 Å². The zero-order chi connectivity index (χ0) is 21.8. The molecule has 2 amide bonds. The second-order valence-electron chi connectivity index (χ2n) is 6.56. The summed E-state index contributed by atoms with van der Waals surface area (Å²) in [6.07, 6.45) is 2.40. The highest BCUT2D eigenvalue weighted by Crippen LogP contribution is 2.22. The first kappa shape index (κ1) is 21.0. The van der Waals surface area contributed by atoms with Gasteiger partial charge in [-0.1, -0.05) is 18.2 Å². The summed E-state index contributed by atoms with van der Waals surface area (Å²) in [7, 11) is 0. The van der Waals surface area contributed by atoms with Gasteiger partial charge in [0.15, 0.2) is 5.82 Å². The Bertz CT molecular complexity index is 1250. The Kier molecular flexibility index (Phi) is 6.28. The molecule has 0 radical (unpaired) electrons. The molecular weight excluding hydrogens is 437 g/mol. The first-order chi connectivity index (χ1) is 15.0. The SMILES string of the molecule is CSc1cccc(NC(=O)C(=O)NCCc2csc3nc(-c4cccc(F)c4)nn23)c1. The number of amides is 2. The summed E-state index contributed by atoms with van der Waals surface area (Å²) in [4.78, 5) is 30.3. The van der Waals surface area contributed by atoms with Crippen molar-refractivity contribution in [1.29, 1.82) is 0 Å². The fraction of sp³-hybridized carbons (Fsp3) is 0.143. The predicted molar refractivity (Wildman–Crippen MR) is 120 cm³/mol. The number of benzene rings is 2. The molecule has 4 rings (SSSR count). The summed E-state index contributed by atoms with van der Waals surface area (Å²) in [6, 6.07) is 13.4. The number of thiazole rings is 1. The Labute approximate surface area is 185 Å². The molecule has 0 atom stereocenters. The van der Waals surface area contributed by atoms with Crippen LogP contribution in [0.2, 0.25) is 0 Å². The fourth-order valence-electron chi connectivity index (χ4n) is 2.92. The number of halogens is 1. The van der Waals surface area contributed by atoms with Gasteiger partial charge < -0.3 is 10.6 Å². The second kappa shape index (κ2) is 9.27. The number of hydrogen-bond donors (Lipinski definition) is 2. The molecule has 158 valence electrons. The van der Waals surface area contributed by atoms with Gasteiger partial charge in [0.2, 0.25) is 4.96 Å². The van der Waals surface area contributed by atoms with Crippen molar-refractivity contribution in [2.75, 3.05) is 18.1 Å². The van der Waals surface area contributed by atoms with Crippen LogP contribution < -0.4 is 10.6 Å². The van der Waals surface area contributed by atoms with Crippen LogP contribution in [0.3, 0.4) is 0 Å². The van der Waals surface area contributed by atoms with Crippen LogP contribution in [0.15, 0.2) is 58.8 Å². The van der Waals surface area contributed by atoms with Crippen molar-refractivity contribution in [2.24, 2.45) is 0 Å². The Hall–Kier alpha value is -3.24. The summed E-state index contributed by atoms with van der Waals surface area (Å²) in [5.74, 6) is -1.34. The van der Waals surface area contributed by atoms with E-state index in [1.54, 1.807) is 40.5 Å². The second-order valence-corrected chi connectivity index (χ2v) is 8.28. The van der Waals surface area contributed by atoms with E-state index in [9.17, 15) is 14.0 Å². The normalized spacial score (nSPS) is 10.9. The van der Waals surface area contributed by atoms with E-state index in [0.29, 0.717) is 28.5 Å². The molecule has 0 spiro atoms. The molecule has 0 fully saturated rings. The topological polar surface area (TPSA) is 88.4 Å². The van der Waals surface area contributed by atoms with Gasteiger partial charge >= 0.3 is 11.8 Å². The number of rotatable bonds is 6. The van der Waals surface area contributed by atoms with Crippen molar-refractivity contribution in [3.8, 4) is 11.4 Å². The maximum Gasteiger partial charge on any atom is 0.313 e. The third-order valence-corrected chi connectivity index (χ3v) is 6.02. The molecule has 2 N–H and O–H groups in total. The molecule has 31 heavy (non-hydrogen) atoms. The van der Waals surface area contributed by atoms with Crippen LogP contribution >= 0.6 is 23.1 Å². The minimum absolute atomic E-state index is 0.262. The number of anilines is 1. The van der Waals surface area contributed by atoms with Crippen molar-refractivity contribution in [1.82, 2.24) is 19.9 Å². The van der Waals surface area contributed by atoms with E-state index in [4.69, 9.17) is 0 Å². The Morgan fingerprint density at radius 3 is 2.81 bits per heavy atom. The zero-order valence-corrected chi connectivity index (χ0v) is 18.1. The number of carbonyl (C=O) groups excluding carboxylic acids is 2. The molecule has 0 saturated carbocycles. The van der Waals surface area contributed by atoms with E-state index in [2.05, 4.69) is 20.7 Å². The van der Waals surface area contributed by atoms with Gasteiger partial charge in [0.05, 0.1) is 5.69 Å². The molecule has 0 bridgehead atoms. The molecule has 0 aliphatic heterocycles. The van der Waals surface area contributed by atoms with Crippen molar-refractivity contribution < 1.29 is 14.0 Å². The maximum atomic E-state index is 13.5. The van der Waals surface area contributed by atoms with Crippen LogP contribution in [0.4, 0.5) is 10.1 Å². The number of carbonyl (C=O) groups is 2. The smallest absolute Gasteiger partial charge is 0.313 e. The van der Waals surface area contributed by atoms with E-state index in [-0.39, 0.29) is 12.4 Å². The van der Waals surface area contributed by atoms with Crippen molar-refractivity contribution in [3.05, 3.63) is 65.4 Å². The maximum absolute atomic E-state index is 13.5. The highest BCUT2D eigenvalue weighted by atomic mass is 32.2. The lowest BCUT2D eigenvalue weighted by Crippen LogP contribution is -2.36. The third kappa shape index (κ3) is 4.92. The summed E-state index contributed by atoms with van der Waals surface area (Å²) in [5, 5.41) is 11.6. The van der Waals surface area contributed by atoms with E-state index in [1.165, 1.54) is 23.5 Å². The molecule has 0 saturated heterocycles. The largest absolute Gasteiger partial charge is 0.347 e. The molecular formula is C21H18FN5O2S2. The van der Waals surface area contributed by atoms with Crippen LogP contribution in [0, 0.1) is 5.82 Å². The number of hydrogen-bond acceptors (Lipinski definition) is 6. The minimum Gasteiger partial charge on any atom is -0.347 e. The van der Waals surface area contributed by atoms with E-state index in [1.807, 2.05) is 23.8 Å². The van der Waals surface area contributed by atoms with Gasteiger partial charge in [0, 0.05) is 34.5 Å². The molecule has 2 heterocycles. The lowest BCUT2D eigenvalue weighted by atomic mass is 10.2. The summed E-state index contributed by atoms with van der Waals surface area (Å²) >= 11 is 2.96. The van der Waals surface area contributed by atoms with E-state index >= 15 is 0 Å². The van der Waals surface area contributed by atoms with Crippen LogP contribution in [0.1, 0.15) is 5.69 Å². The number of fused-ring (bicyclic) bond motifs is 1. The van der Waals surface area contributed by atoms with Gasteiger partial charge in [-0.2, -0.15) is 4.98 Å². The van der Waals surface area contributed by atoms with Crippen LogP contribution in [0.5, 0.6) is 0 Å². The van der Waals surface area contributed by atoms with Crippen LogP contribution in [-0.4, -0.2) is 39.2 Å². The molecule has 10 heteroatoms. The quantitative estimate of drug-likeness (QED) is 0.343. The number of aromatic nitrogens is 3. The molecule has 0 unspecified atom stereocenters. The van der Waals surface area contributed by atoms with Gasteiger partial charge in [-0.25, -0.2) is 8.91 Å². The highest BCUT2D eigenvalue weighted by molar-refractivity contribution is 7.98. The third-order valence-electron chi connectivity index (χ3n) is 4.43. The molecule has 2 aromatic carbocycles. The minimum atomic E-state index is -0.720. The average Bonchev–Trinajstić information content (AvgIpc) is 3.35. The lowest BCUT2D eigenvalue weighted by Gasteiger charge is -2.07. The molecule has 4 aromatic rings. The van der Waals surface area contributed by atoms with Crippen molar-refractivity contribution in [3.63, 3.8) is 0 Å². The van der Waals surface area contributed by atoms with E-state index in [0.717, 1.165) is 10.6 Å². The van der Waals surface area contributed by atoms with Crippen molar-refractivity contribution >= 4 is 45.6 Å². The molecule has 7 nitrogen and oxygen atoms in total. The molecule has 2 aromatic heterocycles. The summed E-state index contributed by atoms with van der Waals surface area (Å²) in [6.45, 7) is 0.262. The number of thioether (sulfide) groups is 1. The van der Waals surface area contributed by atoms with Crippen LogP contribution in [0.25, 0.3) is 16.3 Å². The van der Waals surface area contributed by atoms with Crippen molar-refractivity contribution in [2.45, 2.75) is 11.3 Å². The van der Waals surface area contributed by atoms with Gasteiger partial charge in [0.1, 0.15) is 5.82 Å². The summed E-state index contributed by atoms with van der Waals surface area (Å²) in [5.41, 5.74) is 2.00. The Balaban J connectivity index is 1.35. The standard InChI is InChI=1S/C21H18FN5O2S2/c1-30-17-7-3-6-15(11-17)24-20(29)19(28)23-9-8-16-12-31-21-25-18(26-27(16)21)13-4-2-5-14(22)10-13/h2-7,10-12H,8-9H2,1H3,(H,23,28)(H,24,29). The first-order valence-electron chi connectivity index (χ1n) is 9.36. The zero-order valence-electron chi connectivity index (χ0n) is 16.5. The highest BCUT2D eigenvalue weighted by Gasteiger charge is 2.15.